The number of nitrogens with zero attached hydrogens (tertiary/aromatic N) is 3. The number of hydrogen-bond donors (Lipinski definition) is 1. The van der Waals surface area contributed by atoms with E-state index in [1.165, 1.54) is 4.31 Å². The Labute approximate surface area is 152 Å². The van der Waals surface area contributed by atoms with Gasteiger partial charge in [-0.05, 0) is 43.2 Å². The second-order valence-electron chi connectivity index (χ2n) is 6.44. The summed E-state index contributed by atoms with van der Waals surface area (Å²) in [6.07, 6.45) is 2.24. The number of para-hydroxylation sites is 1. The molecule has 2 aromatic carbocycles. The van der Waals surface area contributed by atoms with E-state index in [1.54, 1.807) is 6.33 Å². The van der Waals surface area contributed by atoms with Gasteiger partial charge in [-0.25, -0.2) is 18.4 Å². The van der Waals surface area contributed by atoms with E-state index in [1.807, 2.05) is 48.5 Å². The standard InChI is InChI=1S/C19H20N4O2S/c1-14(22-19-17-5-2-3-6-18(17)20-13-21-19)15-7-9-16(10-8-15)23-11-4-12-26(23,24)25/h2-3,5-10,13-14H,4,11-12H2,1H3,(H,20,21,22)/t14-/m0/s1. The molecule has 1 fully saturated rings. The molecule has 0 amide bonds. The third kappa shape index (κ3) is 3.10. The number of fused-ring (bicyclic) bond motifs is 1. The largest absolute Gasteiger partial charge is 0.363 e. The molecule has 1 saturated heterocycles. The Hall–Kier alpha value is -2.67. The van der Waals surface area contributed by atoms with Gasteiger partial charge in [-0.15, -0.1) is 0 Å². The number of hydrogen-bond acceptors (Lipinski definition) is 5. The van der Waals surface area contributed by atoms with Crippen LogP contribution in [-0.4, -0.2) is 30.7 Å². The van der Waals surface area contributed by atoms with E-state index >= 15 is 0 Å². The molecule has 0 radical (unpaired) electrons. The summed E-state index contributed by atoms with van der Waals surface area (Å²) in [4.78, 5) is 8.64. The maximum absolute atomic E-state index is 12.0. The Bertz CT molecular complexity index is 1030. The van der Waals surface area contributed by atoms with Crippen molar-refractivity contribution in [2.24, 2.45) is 0 Å². The predicted octanol–water partition coefficient (Wildman–Crippen LogP) is 3.34. The van der Waals surface area contributed by atoms with Gasteiger partial charge in [-0.2, -0.15) is 0 Å². The number of nitrogens with one attached hydrogen (secondary N) is 1. The van der Waals surface area contributed by atoms with Crippen molar-refractivity contribution in [1.82, 2.24) is 9.97 Å². The normalized spacial score (nSPS) is 17.3. The molecule has 26 heavy (non-hydrogen) atoms. The van der Waals surface area contributed by atoms with Crippen LogP contribution >= 0.6 is 0 Å². The Morgan fingerprint density at radius 2 is 1.85 bits per heavy atom. The van der Waals surface area contributed by atoms with E-state index in [-0.39, 0.29) is 11.8 Å². The highest BCUT2D eigenvalue weighted by atomic mass is 32.2. The number of benzene rings is 2. The maximum atomic E-state index is 12.0. The number of aromatic nitrogens is 2. The predicted molar refractivity (Wildman–Crippen MR) is 104 cm³/mol. The fourth-order valence-corrected chi connectivity index (χ4v) is 4.83. The van der Waals surface area contributed by atoms with Crippen LogP contribution in [0.25, 0.3) is 10.9 Å². The van der Waals surface area contributed by atoms with E-state index in [4.69, 9.17) is 0 Å². The maximum Gasteiger partial charge on any atom is 0.235 e. The van der Waals surface area contributed by atoms with E-state index in [0.717, 1.165) is 28.0 Å². The first-order valence-electron chi connectivity index (χ1n) is 8.61. The summed E-state index contributed by atoms with van der Waals surface area (Å²) in [6.45, 7) is 2.61. The van der Waals surface area contributed by atoms with Crippen molar-refractivity contribution < 1.29 is 8.42 Å². The van der Waals surface area contributed by atoms with Crippen LogP contribution in [0, 0.1) is 0 Å². The average Bonchev–Trinajstić information content (AvgIpc) is 3.01. The third-order valence-corrected chi connectivity index (χ3v) is 6.55. The molecule has 1 aliphatic rings. The monoisotopic (exact) mass is 368 g/mol. The summed E-state index contributed by atoms with van der Waals surface area (Å²) in [7, 11) is -3.15. The van der Waals surface area contributed by atoms with Crippen molar-refractivity contribution >= 4 is 32.4 Å². The van der Waals surface area contributed by atoms with Gasteiger partial charge in [0.2, 0.25) is 10.0 Å². The number of sulfonamides is 1. The van der Waals surface area contributed by atoms with Crippen LogP contribution in [0.1, 0.15) is 24.9 Å². The number of anilines is 2. The van der Waals surface area contributed by atoms with Gasteiger partial charge >= 0.3 is 0 Å². The lowest BCUT2D eigenvalue weighted by Gasteiger charge is -2.19. The molecule has 4 rings (SSSR count). The lowest BCUT2D eigenvalue weighted by molar-refractivity contribution is 0.599. The molecule has 6 nitrogen and oxygen atoms in total. The highest BCUT2D eigenvalue weighted by Crippen LogP contribution is 2.27. The van der Waals surface area contributed by atoms with Crippen LogP contribution in [0.2, 0.25) is 0 Å². The first-order valence-corrected chi connectivity index (χ1v) is 10.2. The molecule has 7 heteroatoms. The van der Waals surface area contributed by atoms with Crippen molar-refractivity contribution in [2.45, 2.75) is 19.4 Å². The zero-order valence-electron chi connectivity index (χ0n) is 14.5. The summed E-state index contributed by atoms with van der Waals surface area (Å²) in [5.74, 6) is 1.02. The van der Waals surface area contributed by atoms with Crippen LogP contribution in [0.5, 0.6) is 0 Å². The minimum absolute atomic E-state index is 0.0255. The lowest BCUT2D eigenvalue weighted by Crippen LogP contribution is -2.25. The molecular formula is C19H20N4O2S. The van der Waals surface area contributed by atoms with Crippen LogP contribution < -0.4 is 9.62 Å². The molecule has 3 aromatic rings. The lowest BCUT2D eigenvalue weighted by atomic mass is 10.1. The summed E-state index contributed by atoms with van der Waals surface area (Å²) in [5, 5.41) is 4.40. The van der Waals surface area contributed by atoms with Gasteiger partial charge in [0.05, 0.1) is 17.0 Å². The molecule has 0 saturated carbocycles. The van der Waals surface area contributed by atoms with Gasteiger partial charge in [0.25, 0.3) is 0 Å². The van der Waals surface area contributed by atoms with Gasteiger partial charge < -0.3 is 5.32 Å². The molecular weight excluding hydrogens is 348 g/mol. The second-order valence-corrected chi connectivity index (χ2v) is 8.45. The minimum Gasteiger partial charge on any atom is -0.363 e. The SMILES string of the molecule is C[C@H](Nc1ncnc2ccccc12)c1ccc(N2CCCS2(=O)=O)cc1. The van der Waals surface area contributed by atoms with Crippen molar-refractivity contribution in [3.63, 3.8) is 0 Å². The van der Waals surface area contributed by atoms with E-state index in [9.17, 15) is 8.42 Å². The van der Waals surface area contributed by atoms with E-state index in [2.05, 4.69) is 22.2 Å². The Morgan fingerprint density at radius 1 is 1.08 bits per heavy atom. The molecule has 1 aromatic heterocycles. The van der Waals surface area contributed by atoms with Crippen molar-refractivity contribution in [1.29, 1.82) is 0 Å². The van der Waals surface area contributed by atoms with Crippen molar-refractivity contribution in [3.8, 4) is 0 Å². The highest BCUT2D eigenvalue weighted by molar-refractivity contribution is 7.93. The summed E-state index contributed by atoms with van der Waals surface area (Å²) in [6, 6.07) is 15.6. The molecule has 1 atom stereocenters. The van der Waals surface area contributed by atoms with Gasteiger partial charge in [0.15, 0.2) is 0 Å². The highest BCUT2D eigenvalue weighted by Gasteiger charge is 2.28. The Kier molecular flexibility index (Phi) is 4.24. The molecule has 2 heterocycles. The Morgan fingerprint density at radius 3 is 2.58 bits per heavy atom. The van der Waals surface area contributed by atoms with E-state index in [0.29, 0.717) is 13.0 Å². The zero-order valence-corrected chi connectivity index (χ0v) is 15.3. The van der Waals surface area contributed by atoms with Crippen LogP contribution in [0.15, 0.2) is 54.9 Å². The topological polar surface area (TPSA) is 75.2 Å². The van der Waals surface area contributed by atoms with Gasteiger partial charge in [0, 0.05) is 18.0 Å². The van der Waals surface area contributed by atoms with Crippen LogP contribution in [-0.2, 0) is 10.0 Å². The molecule has 1 aliphatic heterocycles. The van der Waals surface area contributed by atoms with E-state index < -0.39 is 10.0 Å². The molecule has 0 spiro atoms. The fraction of sp³-hybridized carbons (Fsp3) is 0.263. The third-order valence-electron chi connectivity index (χ3n) is 4.68. The number of rotatable bonds is 4. The van der Waals surface area contributed by atoms with Crippen molar-refractivity contribution in [3.05, 3.63) is 60.4 Å². The summed E-state index contributed by atoms with van der Waals surface area (Å²) < 4.78 is 25.6. The fourth-order valence-electron chi connectivity index (χ4n) is 3.27. The quantitative estimate of drug-likeness (QED) is 0.764. The first-order chi connectivity index (χ1) is 12.5. The molecule has 0 bridgehead atoms. The van der Waals surface area contributed by atoms with Gasteiger partial charge in [-0.3, -0.25) is 4.31 Å². The van der Waals surface area contributed by atoms with Crippen LogP contribution in [0.3, 0.4) is 0 Å². The Balaban J connectivity index is 1.56. The minimum atomic E-state index is -3.15. The van der Waals surface area contributed by atoms with Gasteiger partial charge in [0.1, 0.15) is 12.1 Å². The summed E-state index contributed by atoms with van der Waals surface area (Å²) >= 11 is 0. The smallest absolute Gasteiger partial charge is 0.235 e. The van der Waals surface area contributed by atoms with Crippen molar-refractivity contribution in [2.75, 3.05) is 21.9 Å². The van der Waals surface area contributed by atoms with Gasteiger partial charge in [-0.1, -0.05) is 24.3 Å². The molecule has 0 aliphatic carbocycles. The zero-order chi connectivity index (χ0) is 18.1. The first kappa shape index (κ1) is 16.8. The second kappa shape index (κ2) is 6.57. The summed E-state index contributed by atoms with van der Waals surface area (Å²) in [5.41, 5.74) is 2.69. The average molecular weight is 368 g/mol. The molecule has 1 N–H and O–H groups in total. The van der Waals surface area contributed by atoms with Crippen LogP contribution in [0.4, 0.5) is 11.5 Å². The molecule has 0 unspecified atom stereocenters. The molecule has 134 valence electrons.